The maximum Gasteiger partial charge on any atom is 0.0971 e. The molecule has 100 valence electrons. The van der Waals surface area contributed by atoms with Crippen LogP contribution < -0.4 is 5.73 Å². The van der Waals surface area contributed by atoms with Crippen molar-refractivity contribution in [3.8, 4) is 0 Å². The summed E-state index contributed by atoms with van der Waals surface area (Å²) < 4.78 is 10.9. The van der Waals surface area contributed by atoms with Crippen LogP contribution in [0.4, 0.5) is 0 Å². The van der Waals surface area contributed by atoms with Crippen molar-refractivity contribution in [2.75, 3.05) is 40.4 Å². The van der Waals surface area contributed by atoms with E-state index in [-0.39, 0.29) is 12.2 Å². The Morgan fingerprint density at radius 3 is 2.18 bits per heavy atom. The van der Waals surface area contributed by atoms with Gasteiger partial charge in [0, 0.05) is 33.9 Å². The maximum absolute atomic E-state index is 5.84. The van der Waals surface area contributed by atoms with Crippen LogP contribution in [0.15, 0.2) is 0 Å². The Morgan fingerprint density at radius 1 is 1.06 bits per heavy atom. The fraction of sp³-hybridized carbons (Fsp3) is 1.00. The number of likely N-dealkylation sites (tertiary alicyclic amines) is 1. The van der Waals surface area contributed by atoms with Crippen LogP contribution in [-0.2, 0) is 9.47 Å². The Hall–Kier alpha value is -0.160. The molecule has 4 atom stereocenters. The van der Waals surface area contributed by atoms with Gasteiger partial charge in [-0.1, -0.05) is 6.42 Å². The van der Waals surface area contributed by atoms with Gasteiger partial charge in [-0.2, -0.15) is 0 Å². The van der Waals surface area contributed by atoms with E-state index in [4.69, 9.17) is 15.2 Å². The number of ether oxygens (including phenoxy) is 2. The normalized spacial score (nSPS) is 39.0. The highest BCUT2D eigenvalue weighted by Gasteiger charge is 2.36. The summed E-state index contributed by atoms with van der Waals surface area (Å²) in [6.07, 6.45) is 4.47. The van der Waals surface area contributed by atoms with Crippen LogP contribution in [0.3, 0.4) is 0 Å². The monoisotopic (exact) mass is 242 g/mol. The van der Waals surface area contributed by atoms with Crippen molar-refractivity contribution in [3.63, 3.8) is 0 Å². The standard InChI is InChI=1S/C13H26N2O2/c1-16-12-8-15(9-13(12)17-2)7-11-5-3-4-10(11)6-14/h10-13H,3-9,14H2,1-2H3. The molecule has 0 aromatic rings. The first kappa shape index (κ1) is 13.3. The second kappa shape index (κ2) is 6.14. The zero-order valence-corrected chi connectivity index (χ0v) is 11.1. The van der Waals surface area contributed by atoms with Gasteiger partial charge in [-0.25, -0.2) is 0 Å². The number of hydrogen-bond donors (Lipinski definition) is 1. The number of methoxy groups -OCH3 is 2. The molecule has 2 N–H and O–H groups in total. The van der Waals surface area contributed by atoms with Gasteiger partial charge in [0.2, 0.25) is 0 Å². The van der Waals surface area contributed by atoms with Gasteiger partial charge < -0.3 is 15.2 Å². The third-order valence-electron chi connectivity index (χ3n) is 4.51. The highest BCUT2D eigenvalue weighted by Crippen LogP contribution is 2.32. The van der Waals surface area contributed by atoms with Gasteiger partial charge in [-0.05, 0) is 31.2 Å². The molecule has 4 unspecified atom stereocenters. The molecule has 0 amide bonds. The predicted octanol–water partition coefficient (Wildman–Crippen LogP) is 0.707. The van der Waals surface area contributed by atoms with Crippen molar-refractivity contribution in [1.82, 2.24) is 4.90 Å². The second-order valence-corrected chi connectivity index (χ2v) is 5.45. The highest BCUT2D eigenvalue weighted by molar-refractivity contribution is 4.89. The third kappa shape index (κ3) is 2.99. The average Bonchev–Trinajstić information content (AvgIpc) is 2.95. The Morgan fingerprint density at radius 2 is 1.65 bits per heavy atom. The van der Waals surface area contributed by atoms with E-state index in [1.54, 1.807) is 14.2 Å². The van der Waals surface area contributed by atoms with Gasteiger partial charge in [0.15, 0.2) is 0 Å². The molecule has 0 radical (unpaired) electrons. The molecule has 1 saturated heterocycles. The fourth-order valence-electron chi connectivity index (χ4n) is 3.42. The first-order chi connectivity index (χ1) is 8.28. The average molecular weight is 242 g/mol. The summed E-state index contributed by atoms with van der Waals surface area (Å²) in [6, 6.07) is 0. The molecule has 2 rings (SSSR count). The maximum atomic E-state index is 5.84. The number of nitrogens with two attached hydrogens (primary N) is 1. The number of hydrogen-bond acceptors (Lipinski definition) is 4. The molecule has 1 heterocycles. The zero-order chi connectivity index (χ0) is 12.3. The van der Waals surface area contributed by atoms with E-state index in [0.717, 1.165) is 31.5 Å². The Kier molecular flexibility index (Phi) is 4.79. The molecule has 0 spiro atoms. The smallest absolute Gasteiger partial charge is 0.0971 e. The molecule has 2 fully saturated rings. The van der Waals surface area contributed by atoms with Gasteiger partial charge >= 0.3 is 0 Å². The summed E-state index contributed by atoms with van der Waals surface area (Å²) in [5.74, 6) is 1.52. The fourth-order valence-corrected chi connectivity index (χ4v) is 3.42. The molecule has 1 aliphatic heterocycles. The predicted molar refractivity (Wildman–Crippen MR) is 67.9 cm³/mol. The van der Waals surface area contributed by atoms with Crippen LogP contribution in [0.2, 0.25) is 0 Å². The minimum atomic E-state index is 0.234. The van der Waals surface area contributed by atoms with E-state index < -0.39 is 0 Å². The molecule has 4 nitrogen and oxygen atoms in total. The van der Waals surface area contributed by atoms with Crippen LogP contribution in [0.5, 0.6) is 0 Å². The van der Waals surface area contributed by atoms with Crippen molar-refractivity contribution in [2.24, 2.45) is 17.6 Å². The molecule has 4 heteroatoms. The van der Waals surface area contributed by atoms with E-state index in [0.29, 0.717) is 0 Å². The first-order valence-electron chi connectivity index (χ1n) is 6.76. The largest absolute Gasteiger partial charge is 0.377 e. The molecule has 0 aromatic heterocycles. The Balaban J connectivity index is 1.84. The van der Waals surface area contributed by atoms with E-state index in [1.807, 2.05) is 0 Å². The van der Waals surface area contributed by atoms with Crippen LogP contribution >= 0.6 is 0 Å². The van der Waals surface area contributed by atoms with E-state index >= 15 is 0 Å². The van der Waals surface area contributed by atoms with Gasteiger partial charge in [-0.3, -0.25) is 4.90 Å². The molecular weight excluding hydrogens is 216 g/mol. The molecule has 2 aliphatic rings. The quantitative estimate of drug-likeness (QED) is 0.771. The van der Waals surface area contributed by atoms with Crippen molar-refractivity contribution in [1.29, 1.82) is 0 Å². The van der Waals surface area contributed by atoms with Gasteiger partial charge in [-0.15, -0.1) is 0 Å². The van der Waals surface area contributed by atoms with Crippen LogP contribution in [0.25, 0.3) is 0 Å². The van der Waals surface area contributed by atoms with Gasteiger partial charge in [0.1, 0.15) is 0 Å². The van der Waals surface area contributed by atoms with Crippen molar-refractivity contribution in [2.45, 2.75) is 31.5 Å². The van der Waals surface area contributed by atoms with E-state index in [9.17, 15) is 0 Å². The van der Waals surface area contributed by atoms with E-state index in [1.165, 1.54) is 25.8 Å². The summed E-state index contributed by atoms with van der Waals surface area (Å²) in [7, 11) is 3.55. The lowest BCUT2D eigenvalue weighted by molar-refractivity contribution is -0.00461. The van der Waals surface area contributed by atoms with E-state index in [2.05, 4.69) is 4.90 Å². The summed E-state index contributed by atoms with van der Waals surface area (Å²) in [5.41, 5.74) is 5.84. The van der Waals surface area contributed by atoms with Gasteiger partial charge in [0.25, 0.3) is 0 Å². The second-order valence-electron chi connectivity index (χ2n) is 5.45. The van der Waals surface area contributed by atoms with Crippen LogP contribution in [0, 0.1) is 11.8 Å². The van der Waals surface area contributed by atoms with Crippen molar-refractivity contribution < 1.29 is 9.47 Å². The minimum absolute atomic E-state index is 0.234. The van der Waals surface area contributed by atoms with Crippen LogP contribution in [-0.4, -0.2) is 57.5 Å². The molecular formula is C13H26N2O2. The molecule has 0 aromatic carbocycles. The van der Waals surface area contributed by atoms with Crippen molar-refractivity contribution in [3.05, 3.63) is 0 Å². The summed E-state index contributed by atoms with van der Waals surface area (Å²) >= 11 is 0. The third-order valence-corrected chi connectivity index (χ3v) is 4.51. The minimum Gasteiger partial charge on any atom is -0.377 e. The number of nitrogens with zero attached hydrogens (tertiary/aromatic N) is 1. The molecule has 17 heavy (non-hydrogen) atoms. The lowest BCUT2D eigenvalue weighted by atomic mass is 9.96. The number of rotatable bonds is 5. The Bertz CT molecular complexity index is 225. The van der Waals surface area contributed by atoms with Gasteiger partial charge in [0.05, 0.1) is 12.2 Å². The van der Waals surface area contributed by atoms with Crippen LogP contribution in [0.1, 0.15) is 19.3 Å². The van der Waals surface area contributed by atoms with Crippen molar-refractivity contribution >= 4 is 0 Å². The molecule has 1 aliphatic carbocycles. The molecule has 0 bridgehead atoms. The topological polar surface area (TPSA) is 47.7 Å². The summed E-state index contributed by atoms with van der Waals surface area (Å²) in [6.45, 7) is 4.02. The lowest BCUT2D eigenvalue weighted by Crippen LogP contribution is -2.32. The summed E-state index contributed by atoms with van der Waals surface area (Å²) in [4.78, 5) is 2.49. The molecule has 1 saturated carbocycles. The first-order valence-corrected chi connectivity index (χ1v) is 6.76. The summed E-state index contributed by atoms with van der Waals surface area (Å²) in [5, 5.41) is 0. The zero-order valence-electron chi connectivity index (χ0n) is 11.1. The Labute approximate surface area is 104 Å². The SMILES string of the molecule is COC1CN(CC2CCCC2CN)CC1OC. The highest BCUT2D eigenvalue weighted by atomic mass is 16.5. The lowest BCUT2D eigenvalue weighted by Gasteiger charge is -2.24.